The van der Waals surface area contributed by atoms with E-state index in [0.29, 0.717) is 18.8 Å². The van der Waals surface area contributed by atoms with Crippen molar-refractivity contribution >= 4 is 17.1 Å². The summed E-state index contributed by atoms with van der Waals surface area (Å²) in [7, 11) is 1.32. The van der Waals surface area contributed by atoms with Crippen molar-refractivity contribution in [2.75, 3.05) is 38.2 Å². The molecule has 1 fully saturated rings. The lowest BCUT2D eigenvalue weighted by Gasteiger charge is -2.33. The quantitative estimate of drug-likeness (QED) is 0.607. The Morgan fingerprint density at radius 2 is 1.67 bits per heavy atom. The summed E-state index contributed by atoms with van der Waals surface area (Å²) in [5, 5.41) is 22.6. The number of nitro groups is 2. The summed E-state index contributed by atoms with van der Waals surface area (Å²) in [6.07, 6.45) is 0. The number of piperazine rings is 1. The molecule has 0 amide bonds. The molecular formula is C18H21N4O5+. The zero-order chi connectivity index (χ0) is 19.4. The molecule has 27 heavy (non-hydrogen) atoms. The Balaban J connectivity index is 1.78. The monoisotopic (exact) mass is 373 g/mol. The number of ether oxygens (including phenoxy) is 1. The summed E-state index contributed by atoms with van der Waals surface area (Å²) in [6, 6.07) is 12.6. The molecule has 0 atom stereocenters. The van der Waals surface area contributed by atoms with E-state index in [2.05, 4.69) is 12.1 Å². The number of quaternary nitrogens is 1. The van der Waals surface area contributed by atoms with Crippen LogP contribution in [0.3, 0.4) is 0 Å². The highest BCUT2D eigenvalue weighted by Gasteiger charge is 2.30. The van der Waals surface area contributed by atoms with Gasteiger partial charge in [-0.05, 0) is 0 Å². The van der Waals surface area contributed by atoms with Crippen LogP contribution in [0.15, 0.2) is 42.5 Å². The second kappa shape index (κ2) is 8.00. The highest BCUT2D eigenvalue weighted by molar-refractivity contribution is 5.71. The van der Waals surface area contributed by atoms with Gasteiger partial charge in [0, 0.05) is 11.6 Å². The van der Waals surface area contributed by atoms with Crippen molar-refractivity contribution in [3.8, 4) is 5.75 Å². The first-order valence-electron chi connectivity index (χ1n) is 8.63. The normalized spacial score (nSPS) is 14.8. The van der Waals surface area contributed by atoms with E-state index in [0.717, 1.165) is 25.7 Å². The summed E-state index contributed by atoms with van der Waals surface area (Å²) >= 11 is 0. The highest BCUT2D eigenvalue weighted by Crippen LogP contribution is 2.39. The summed E-state index contributed by atoms with van der Waals surface area (Å²) in [5.74, 6) is 0.0275. The predicted octanol–water partition coefficient (Wildman–Crippen LogP) is 1.42. The highest BCUT2D eigenvalue weighted by atomic mass is 16.6. The van der Waals surface area contributed by atoms with E-state index in [4.69, 9.17) is 4.74 Å². The second-order valence-electron chi connectivity index (χ2n) is 6.43. The molecular weight excluding hydrogens is 352 g/mol. The summed E-state index contributed by atoms with van der Waals surface area (Å²) in [6.45, 7) is 3.81. The number of benzene rings is 2. The van der Waals surface area contributed by atoms with Crippen LogP contribution in [0.1, 0.15) is 5.56 Å². The van der Waals surface area contributed by atoms with Gasteiger partial charge in [-0.2, -0.15) is 0 Å². The van der Waals surface area contributed by atoms with Crippen molar-refractivity contribution in [2.45, 2.75) is 6.54 Å². The van der Waals surface area contributed by atoms with Crippen LogP contribution in [-0.4, -0.2) is 43.1 Å². The van der Waals surface area contributed by atoms with Crippen LogP contribution in [0, 0.1) is 20.2 Å². The van der Waals surface area contributed by atoms with E-state index in [1.54, 1.807) is 0 Å². The third-order valence-electron chi connectivity index (χ3n) is 4.78. The zero-order valence-corrected chi connectivity index (χ0v) is 15.0. The van der Waals surface area contributed by atoms with Crippen molar-refractivity contribution in [1.82, 2.24) is 0 Å². The Morgan fingerprint density at radius 3 is 2.22 bits per heavy atom. The molecule has 1 saturated heterocycles. The average Bonchev–Trinajstić information content (AvgIpc) is 2.68. The first-order valence-corrected chi connectivity index (χ1v) is 8.63. The number of hydrogen-bond acceptors (Lipinski definition) is 6. The van der Waals surface area contributed by atoms with E-state index in [-0.39, 0.29) is 11.4 Å². The minimum absolute atomic E-state index is 0.0275. The van der Waals surface area contributed by atoms with Gasteiger partial charge in [-0.25, -0.2) is 0 Å². The SMILES string of the molecule is COc1cc(N2CC[NH+](Cc3ccccc3)CC2)c([N+](=O)[O-])cc1[N+](=O)[O-]. The third kappa shape index (κ3) is 4.14. The van der Waals surface area contributed by atoms with Gasteiger partial charge in [0.2, 0.25) is 0 Å². The van der Waals surface area contributed by atoms with Gasteiger partial charge in [-0.1, -0.05) is 30.3 Å². The molecule has 1 aliphatic heterocycles. The first-order chi connectivity index (χ1) is 13.0. The van der Waals surface area contributed by atoms with E-state index >= 15 is 0 Å². The van der Waals surface area contributed by atoms with E-state index in [9.17, 15) is 20.2 Å². The molecule has 0 aromatic heterocycles. The first kappa shape index (κ1) is 18.6. The number of nitrogens with zero attached hydrogens (tertiary/aromatic N) is 3. The van der Waals surface area contributed by atoms with Crippen LogP contribution in [0.25, 0.3) is 0 Å². The van der Waals surface area contributed by atoms with Gasteiger partial charge < -0.3 is 14.5 Å². The van der Waals surface area contributed by atoms with Crippen LogP contribution >= 0.6 is 0 Å². The van der Waals surface area contributed by atoms with Crippen LogP contribution in [-0.2, 0) is 6.54 Å². The number of nitrogens with one attached hydrogen (secondary N) is 1. The number of nitro benzene ring substituents is 2. The zero-order valence-electron chi connectivity index (χ0n) is 15.0. The molecule has 1 aliphatic rings. The molecule has 0 saturated carbocycles. The number of rotatable bonds is 6. The maximum absolute atomic E-state index is 11.5. The fourth-order valence-electron chi connectivity index (χ4n) is 3.38. The molecule has 142 valence electrons. The Morgan fingerprint density at radius 1 is 1.04 bits per heavy atom. The minimum atomic E-state index is -0.669. The van der Waals surface area contributed by atoms with E-state index in [1.165, 1.54) is 23.6 Å². The summed E-state index contributed by atoms with van der Waals surface area (Å²) in [5.41, 5.74) is 0.945. The number of anilines is 1. The van der Waals surface area contributed by atoms with Gasteiger partial charge in [0.25, 0.3) is 5.69 Å². The summed E-state index contributed by atoms with van der Waals surface area (Å²) < 4.78 is 5.08. The minimum Gasteiger partial charge on any atom is -0.490 e. The molecule has 0 unspecified atom stereocenters. The van der Waals surface area contributed by atoms with Gasteiger partial charge in [-0.3, -0.25) is 20.2 Å². The molecule has 1 heterocycles. The van der Waals surface area contributed by atoms with Gasteiger partial charge in [0.1, 0.15) is 12.2 Å². The Labute approximate surface area is 156 Å². The summed E-state index contributed by atoms with van der Waals surface area (Å²) in [4.78, 5) is 24.7. The van der Waals surface area contributed by atoms with Crippen LogP contribution in [0.2, 0.25) is 0 Å². The van der Waals surface area contributed by atoms with Gasteiger partial charge >= 0.3 is 5.69 Å². The number of methoxy groups -OCH3 is 1. The van der Waals surface area contributed by atoms with Crippen molar-refractivity contribution in [2.24, 2.45) is 0 Å². The van der Waals surface area contributed by atoms with E-state index < -0.39 is 15.5 Å². The molecule has 0 aliphatic carbocycles. The van der Waals surface area contributed by atoms with Crippen molar-refractivity contribution in [1.29, 1.82) is 0 Å². The maximum atomic E-state index is 11.5. The molecule has 0 spiro atoms. The molecule has 2 aromatic carbocycles. The van der Waals surface area contributed by atoms with Gasteiger partial charge in [-0.15, -0.1) is 0 Å². The lowest BCUT2D eigenvalue weighted by atomic mass is 10.1. The van der Waals surface area contributed by atoms with Gasteiger partial charge in [0.15, 0.2) is 5.75 Å². The fourth-order valence-corrected chi connectivity index (χ4v) is 3.38. The molecule has 9 heteroatoms. The Hall–Kier alpha value is -3.20. The van der Waals surface area contributed by atoms with E-state index in [1.807, 2.05) is 23.1 Å². The Bertz CT molecular complexity index is 835. The average molecular weight is 373 g/mol. The second-order valence-corrected chi connectivity index (χ2v) is 6.43. The molecule has 3 rings (SSSR count). The van der Waals surface area contributed by atoms with Crippen LogP contribution < -0.4 is 14.5 Å². The van der Waals surface area contributed by atoms with Crippen LogP contribution in [0.5, 0.6) is 5.75 Å². The number of hydrogen-bond donors (Lipinski definition) is 1. The van der Waals surface area contributed by atoms with Crippen molar-refractivity contribution in [3.63, 3.8) is 0 Å². The molecule has 9 nitrogen and oxygen atoms in total. The lowest BCUT2D eigenvalue weighted by molar-refractivity contribution is -0.914. The predicted molar refractivity (Wildman–Crippen MR) is 99.4 cm³/mol. The smallest absolute Gasteiger partial charge is 0.317 e. The maximum Gasteiger partial charge on any atom is 0.317 e. The topological polar surface area (TPSA) is 103 Å². The molecule has 0 bridgehead atoms. The largest absolute Gasteiger partial charge is 0.490 e. The Kier molecular flexibility index (Phi) is 5.51. The fraction of sp³-hybridized carbons (Fsp3) is 0.333. The third-order valence-corrected chi connectivity index (χ3v) is 4.78. The van der Waals surface area contributed by atoms with Crippen molar-refractivity contribution in [3.05, 3.63) is 68.3 Å². The molecule has 1 N–H and O–H groups in total. The standard InChI is InChI=1S/C18H20N4O5/c1-27-18-12-15(16(21(23)24)11-17(18)22(25)26)20-9-7-19(8-10-20)13-14-5-3-2-4-6-14/h2-6,11-12H,7-10,13H2,1H3/p+1. The van der Waals surface area contributed by atoms with Crippen molar-refractivity contribution < 1.29 is 19.5 Å². The molecule has 2 aromatic rings. The lowest BCUT2D eigenvalue weighted by Crippen LogP contribution is -3.13. The van der Waals surface area contributed by atoms with Crippen LogP contribution in [0.4, 0.5) is 17.1 Å². The molecule has 0 radical (unpaired) electrons. The van der Waals surface area contributed by atoms with Gasteiger partial charge in [0.05, 0.1) is 49.2 Å².